The number of methoxy groups -OCH3 is 1. The van der Waals surface area contributed by atoms with Crippen molar-refractivity contribution in [2.24, 2.45) is 0 Å². The number of anilines is 1. The lowest BCUT2D eigenvalue weighted by Crippen LogP contribution is -2.32. The molecule has 3 aromatic rings. The number of halogens is 1. The quantitative estimate of drug-likeness (QED) is 0.640. The van der Waals surface area contributed by atoms with Crippen molar-refractivity contribution in [3.63, 3.8) is 0 Å². The van der Waals surface area contributed by atoms with Gasteiger partial charge in [-0.05, 0) is 42.8 Å². The number of oxazole rings is 1. The Hall–Kier alpha value is -3.06. The highest BCUT2D eigenvalue weighted by atomic mass is 35.5. The second-order valence-corrected chi connectivity index (χ2v) is 6.08. The van der Waals surface area contributed by atoms with E-state index in [9.17, 15) is 9.59 Å². The van der Waals surface area contributed by atoms with Gasteiger partial charge in [0.1, 0.15) is 11.3 Å². The number of nitrogens with one attached hydrogen (secondary N) is 1. The van der Waals surface area contributed by atoms with Crippen LogP contribution in [0.5, 0.6) is 5.75 Å². The van der Waals surface area contributed by atoms with Crippen molar-refractivity contribution < 1.29 is 23.5 Å². The Kier molecular flexibility index (Phi) is 5.61. The van der Waals surface area contributed by atoms with Gasteiger partial charge in [-0.15, -0.1) is 0 Å². The number of rotatable bonds is 6. The molecular formula is C19H17ClN2O5. The van der Waals surface area contributed by atoms with Gasteiger partial charge in [-0.3, -0.25) is 4.79 Å². The summed E-state index contributed by atoms with van der Waals surface area (Å²) in [6, 6.07) is 9.59. The number of fused-ring (bicyclic) bond motifs is 1. The SMILES string of the molecule is CCC(OC(=O)c1ccc2ncoc2c1)C(=O)Nc1ccc(OC)c(Cl)c1. The summed E-state index contributed by atoms with van der Waals surface area (Å²) in [7, 11) is 1.50. The van der Waals surface area contributed by atoms with Crippen LogP contribution in [0.25, 0.3) is 11.1 Å². The topological polar surface area (TPSA) is 90.7 Å². The Labute approximate surface area is 160 Å². The van der Waals surface area contributed by atoms with Gasteiger partial charge in [0, 0.05) is 5.69 Å². The van der Waals surface area contributed by atoms with Crippen molar-refractivity contribution in [2.75, 3.05) is 12.4 Å². The molecule has 1 heterocycles. The van der Waals surface area contributed by atoms with Crippen LogP contribution in [0.2, 0.25) is 5.02 Å². The number of esters is 1. The van der Waals surface area contributed by atoms with Crippen LogP contribution in [-0.4, -0.2) is 30.1 Å². The van der Waals surface area contributed by atoms with Gasteiger partial charge in [0.05, 0.1) is 17.7 Å². The van der Waals surface area contributed by atoms with Gasteiger partial charge in [0.2, 0.25) is 0 Å². The normalized spacial score (nSPS) is 11.8. The smallest absolute Gasteiger partial charge is 0.339 e. The molecular weight excluding hydrogens is 372 g/mol. The molecule has 140 valence electrons. The van der Waals surface area contributed by atoms with Crippen LogP contribution in [0.15, 0.2) is 47.2 Å². The summed E-state index contributed by atoms with van der Waals surface area (Å²) in [6.45, 7) is 1.75. The van der Waals surface area contributed by atoms with E-state index >= 15 is 0 Å². The number of benzene rings is 2. The van der Waals surface area contributed by atoms with Crippen molar-refractivity contribution in [1.29, 1.82) is 0 Å². The van der Waals surface area contributed by atoms with Crippen LogP contribution in [-0.2, 0) is 9.53 Å². The minimum atomic E-state index is -0.955. The van der Waals surface area contributed by atoms with E-state index in [4.69, 9.17) is 25.5 Å². The van der Waals surface area contributed by atoms with Crippen molar-refractivity contribution in [1.82, 2.24) is 4.98 Å². The molecule has 1 unspecified atom stereocenters. The Bertz CT molecular complexity index is 985. The van der Waals surface area contributed by atoms with E-state index in [-0.39, 0.29) is 5.56 Å². The Morgan fingerprint density at radius 1 is 1.26 bits per heavy atom. The lowest BCUT2D eigenvalue weighted by molar-refractivity contribution is -0.124. The van der Waals surface area contributed by atoms with Gasteiger partial charge in [-0.1, -0.05) is 18.5 Å². The minimum absolute atomic E-state index is 0.276. The molecule has 0 aliphatic heterocycles. The van der Waals surface area contributed by atoms with E-state index in [1.54, 1.807) is 37.3 Å². The Morgan fingerprint density at radius 3 is 2.78 bits per heavy atom. The molecule has 7 nitrogen and oxygen atoms in total. The molecule has 0 bridgehead atoms. The second kappa shape index (κ2) is 8.09. The number of nitrogens with zero attached hydrogens (tertiary/aromatic N) is 1. The highest BCUT2D eigenvalue weighted by molar-refractivity contribution is 6.32. The van der Waals surface area contributed by atoms with Crippen LogP contribution >= 0.6 is 11.6 Å². The Balaban J connectivity index is 1.69. The summed E-state index contributed by atoms with van der Waals surface area (Å²) in [6.07, 6.45) is 0.650. The number of hydrogen-bond acceptors (Lipinski definition) is 6. The van der Waals surface area contributed by atoms with Crippen LogP contribution < -0.4 is 10.1 Å². The third-order valence-electron chi connectivity index (χ3n) is 3.90. The number of carbonyl (C=O) groups is 2. The molecule has 0 spiro atoms. The first-order valence-corrected chi connectivity index (χ1v) is 8.58. The standard InChI is InChI=1S/C19H17ClN2O5/c1-3-15(18(23)22-12-5-7-16(25-2)13(20)9-12)27-19(24)11-4-6-14-17(8-11)26-10-21-14/h4-10,15H,3H2,1-2H3,(H,22,23). The molecule has 0 saturated heterocycles. The second-order valence-electron chi connectivity index (χ2n) is 5.68. The molecule has 27 heavy (non-hydrogen) atoms. The number of hydrogen-bond donors (Lipinski definition) is 1. The van der Waals surface area contributed by atoms with E-state index in [1.165, 1.54) is 19.6 Å². The van der Waals surface area contributed by atoms with Gasteiger partial charge in [0.25, 0.3) is 5.91 Å². The van der Waals surface area contributed by atoms with Crippen LogP contribution in [0.3, 0.4) is 0 Å². The van der Waals surface area contributed by atoms with Crippen molar-refractivity contribution in [2.45, 2.75) is 19.4 Å². The summed E-state index contributed by atoms with van der Waals surface area (Å²) in [5.74, 6) is -0.577. The fraction of sp³-hybridized carbons (Fsp3) is 0.211. The average Bonchev–Trinajstić information content (AvgIpc) is 3.13. The van der Waals surface area contributed by atoms with Crippen LogP contribution in [0.4, 0.5) is 5.69 Å². The predicted octanol–water partition coefficient (Wildman–Crippen LogP) is 4.06. The molecule has 1 aromatic heterocycles. The number of ether oxygens (including phenoxy) is 2. The first kappa shape index (κ1) is 18.7. The fourth-order valence-electron chi connectivity index (χ4n) is 2.47. The molecule has 1 atom stereocenters. The Morgan fingerprint density at radius 2 is 2.07 bits per heavy atom. The fourth-order valence-corrected chi connectivity index (χ4v) is 2.73. The highest BCUT2D eigenvalue weighted by Gasteiger charge is 2.23. The maximum Gasteiger partial charge on any atom is 0.339 e. The number of amides is 1. The molecule has 0 saturated carbocycles. The van der Waals surface area contributed by atoms with Gasteiger partial charge in [-0.2, -0.15) is 0 Å². The zero-order chi connectivity index (χ0) is 19.4. The summed E-state index contributed by atoms with van der Waals surface area (Å²) in [5, 5.41) is 3.04. The summed E-state index contributed by atoms with van der Waals surface area (Å²) in [5.41, 5.74) is 1.85. The maximum absolute atomic E-state index is 12.5. The van der Waals surface area contributed by atoms with Crippen molar-refractivity contribution in [3.05, 3.63) is 53.4 Å². The van der Waals surface area contributed by atoms with Gasteiger partial charge in [0.15, 0.2) is 18.1 Å². The third kappa shape index (κ3) is 4.20. The van der Waals surface area contributed by atoms with Crippen molar-refractivity contribution >= 4 is 40.3 Å². The summed E-state index contributed by atoms with van der Waals surface area (Å²) >= 11 is 6.05. The molecule has 0 radical (unpaired) electrons. The molecule has 0 aliphatic rings. The van der Waals surface area contributed by atoms with E-state index in [0.717, 1.165) is 0 Å². The maximum atomic E-state index is 12.5. The average molecular weight is 389 g/mol. The van der Waals surface area contributed by atoms with Gasteiger partial charge in [-0.25, -0.2) is 9.78 Å². The summed E-state index contributed by atoms with van der Waals surface area (Å²) < 4.78 is 15.6. The van der Waals surface area contributed by atoms with E-state index in [0.29, 0.717) is 34.0 Å². The van der Waals surface area contributed by atoms with E-state index < -0.39 is 18.0 Å². The van der Waals surface area contributed by atoms with E-state index in [1.807, 2.05) is 0 Å². The zero-order valence-corrected chi connectivity index (χ0v) is 15.4. The lowest BCUT2D eigenvalue weighted by atomic mass is 10.2. The zero-order valence-electron chi connectivity index (χ0n) is 14.7. The van der Waals surface area contributed by atoms with Gasteiger partial charge >= 0.3 is 5.97 Å². The molecule has 1 amide bonds. The van der Waals surface area contributed by atoms with Crippen molar-refractivity contribution in [3.8, 4) is 5.75 Å². The first-order chi connectivity index (χ1) is 13.0. The predicted molar refractivity (Wildman–Crippen MR) is 100 cm³/mol. The van der Waals surface area contributed by atoms with Crippen LogP contribution in [0, 0.1) is 0 Å². The molecule has 1 N–H and O–H groups in total. The number of aromatic nitrogens is 1. The third-order valence-corrected chi connectivity index (χ3v) is 4.19. The molecule has 2 aromatic carbocycles. The highest BCUT2D eigenvalue weighted by Crippen LogP contribution is 2.27. The number of carbonyl (C=O) groups excluding carboxylic acids is 2. The monoisotopic (exact) mass is 388 g/mol. The van der Waals surface area contributed by atoms with E-state index in [2.05, 4.69) is 10.3 Å². The summed E-state index contributed by atoms with van der Waals surface area (Å²) in [4.78, 5) is 28.8. The van der Waals surface area contributed by atoms with Gasteiger partial charge < -0.3 is 19.2 Å². The molecule has 0 aliphatic carbocycles. The molecule has 0 fully saturated rings. The molecule has 3 rings (SSSR count). The first-order valence-electron chi connectivity index (χ1n) is 8.20. The van der Waals surface area contributed by atoms with Crippen LogP contribution in [0.1, 0.15) is 23.7 Å². The largest absolute Gasteiger partial charge is 0.495 e. The molecule has 8 heteroatoms. The minimum Gasteiger partial charge on any atom is -0.495 e. The lowest BCUT2D eigenvalue weighted by Gasteiger charge is -2.16.